The van der Waals surface area contributed by atoms with Crippen molar-refractivity contribution in [3.63, 3.8) is 0 Å². The molecule has 2 aromatic carbocycles. The Morgan fingerprint density at radius 2 is 1.50 bits per heavy atom. The minimum Gasteiger partial charge on any atom is -0.453 e. The lowest BCUT2D eigenvalue weighted by molar-refractivity contribution is -0.148. The summed E-state index contributed by atoms with van der Waals surface area (Å²) < 4.78 is 5.76. The molecule has 2 rings (SSSR count). The second-order valence-corrected chi connectivity index (χ2v) is 5.58. The third kappa shape index (κ3) is 4.71. The SMILES string of the molecule is C[C@@H](CCN)CC(=O)OC(c1ccccc1)c1ccccc1. The Labute approximate surface area is 132 Å². The fourth-order valence-corrected chi connectivity index (χ4v) is 2.43. The summed E-state index contributed by atoms with van der Waals surface area (Å²) >= 11 is 0. The number of carbonyl (C=O) groups excluding carboxylic acids is 1. The standard InChI is InChI=1S/C19H23NO2/c1-15(12-13-20)14-18(21)22-19(16-8-4-2-5-9-16)17-10-6-3-7-11-17/h2-11,15,19H,12-14,20H2,1H3/t15-/m0/s1. The molecule has 0 aromatic heterocycles. The molecule has 0 bridgehead atoms. The molecule has 2 aromatic rings. The Morgan fingerprint density at radius 3 is 1.95 bits per heavy atom. The van der Waals surface area contributed by atoms with Crippen molar-refractivity contribution in [1.29, 1.82) is 0 Å². The molecule has 0 unspecified atom stereocenters. The van der Waals surface area contributed by atoms with Gasteiger partial charge in [-0.1, -0.05) is 67.6 Å². The number of esters is 1. The number of hydrogen-bond donors (Lipinski definition) is 1. The van der Waals surface area contributed by atoms with Gasteiger partial charge in [-0.05, 0) is 30.0 Å². The van der Waals surface area contributed by atoms with Crippen LogP contribution in [-0.4, -0.2) is 12.5 Å². The molecule has 0 aliphatic rings. The van der Waals surface area contributed by atoms with Crippen LogP contribution in [0.5, 0.6) is 0 Å². The van der Waals surface area contributed by atoms with Crippen molar-refractivity contribution in [1.82, 2.24) is 0 Å². The Balaban J connectivity index is 2.14. The number of ether oxygens (including phenoxy) is 1. The molecule has 0 aliphatic heterocycles. The van der Waals surface area contributed by atoms with Crippen molar-refractivity contribution < 1.29 is 9.53 Å². The van der Waals surface area contributed by atoms with Crippen molar-refractivity contribution in [2.45, 2.75) is 25.9 Å². The molecule has 0 radical (unpaired) electrons. The number of benzene rings is 2. The predicted molar refractivity (Wildman–Crippen MR) is 88.3 cm³/mol. The minimum atomic E-state index is -0.361. The first-order chi connectivity index (χ1) is 10.7. The van der Waals surface area contributed by atoms with Crippen LogP contribution >= 0.6 is 0 Å². The number of hydrogen-bond acceptors (Lipinski definition) is 3. The van der Waals surface area contributed by atoms with E-state index in [-0.39, 0.29) is 18.0 Å². The highest BCUT2D eigenvalue weighted by Crippen LogP contribution is 2.26. The van der Waals surface area contributed by atoms with Crippen LogP contribution in [0.1, 0.15) is 37.0 Å². The maximum atomic E-state index is 12.2. The fraction of sp³-hybridized carbons (Fsp3) is 0.316. The van der Waals surface area contributed by atoms with Crippen LogP contribution in [0.25, 0.3) is 0 Å². The van der Waals surface area contributed by atoms with E-state index >= 15 is 0 Å². The molecule has 0 spiro atoms. The van der Waals surface area contributed by atoms with E-state index in [1.807, 2.05) is 67.6 Å². The quantitative estimate of drug-likeness (QED) is 0.793. The van der Waals surface area contributed by atoms with Gasteiger partial charge in [0.05, 0.1) is 0 Å². The summed E-state index contributed by atoms with van der Waals surface area (Å²) in [5.74, 6) is 0.0587. The first-order valence-electron chi connectivity index (χ1n) is 7.70. The van der Waals surface area contributed by atoms with E-state index in [0.717, 1.165) is 17.5 Å². The van der Waals surface area contributed by atoms with E-state index in [0.29, 0.717) is 13.0 Å². The molecule has 0 heterocycles. The lowest BCUT2D eigenvalue weighted by atomic mass is 10.0. The molecule has 22 heavy (non-hydrogen) atoms. The summed E-state index contributed by atoms with van der Waals surface area (Å²) in [4.78, 5) is 12.2. The largest absolute Gasteiger partial charge is 0.453 e. The van der Waals surface area contributed by atoms with E-state index in [1.54, 1.807) is 0 Å². The van der Waals surface area contributed by atoms with Gasteiger partial charge < -0.3 is 10.5 Å². The average molecular weight is 297 g/mol. The van der Waals surface area contributed by atoms with Crippen molar-refractivity contribution in [3.05, 3.63) is 71.8 Å². The van der Waals surface area contributed by atoms with Gasteiger partial charge in [0.1, 0.15) is 0 Å². The lowest BCUT2D eigenvalue weighted by Crippen LogP contribution is -2.16. The second kappa shape index (κ2) is 8.35. The molecule has 3 nitrogen and oxygen atoms in total. The average Bonchev–Trinajstić information content (AvgIpc) is 2.54. The van der Waals surface area contributed by atoms with Crippen molar-refractivity contribution in [3.8, 4) is 0 Å². The molecular weight excluding hydrogens is 274 g/mol. The van der Waals surface area contributed by atoms with Crippen LogP contribution < -0.4 is 5.73 Å². The fourth-order valence-electron chi connectivity index (χ4n) is 2.43. The summed E-state index contributed by atoms with van der Waals surface area (Å²) in [6.45, 7) is 2.61. The molecule has 1 atom stereocenters. The molecule has 0 aliphatic carbocycles. The van der Waals surface area contributed by atoms with Gasteiger partial charge in [0.25, 0.3) is 0 Å². The van der Waals surface area contributed by atoms with Crippen LogP contribution in [0.4, 0.5) is 0 Å². The van der Waals surface area contributed by atoms with Gasteiger partial charge in [-0.3, -0.25) is 4.79 Å². The van der Waals surface area contributed by atoms with E-state index < -0.39 is 0 Å². The molecule has 0 saturated carbocycles. The van der Waals surface area contributed by atoms with E-state index in [4.69, 9.17) is 10.5 Å². The zero-order valence-electron chi connectivity index (χ0n) is 12.9. The Hall–Kier alpha value is -2.13. The summed E-state index contributed by atoms with van der Waals surface area (Å²) in [5.41, 5.74) is 7.50. The molecule has 3 heteroatoms. The smallest absolute Gasteiger partial charge is 0.307 e. The predicted octanol–water partition coefficient (Wildman–Crippen LogP) is 3.69. The number of nitrogens with two attached hydrogens (primary N) is 1. The van der Waals surface area contributed by atoms with Crippen LogP contribution in [0.2, 0.25) is 0 Å². The Morgan fingerprint density at radius 1 is 1.00 bits per heavy atom. The topological polar surface area (TPSA) is 52.3 Å². The number of carbonyl (C=O) groups is 1. The van der Waals surface area contributed by atoms with Gasteiger partial charge in [0.15, 0.2) is 6.10 Å². The summed E-state index contributed by atoms with van der Waals surface area (Å²) in [7, 11) is 0. The molecular formula is C19H23NO2. The van der Waals surface area contributed by atoms with E-state index in [9.17, 15) is 4.79 Å². The maximum absolute atomic E-state index is 12.2. The van der Waals surface area contributed by atoms with Crippen LogP contribution in [0, 0.1) is 5.92 Å². The van der Waals surface area contributed by atoms with Crippen molar-refractivity contribution in [2.75, 3.05) is 6.54 Å². The maximum Gasteiger partial charge on any atom is 0.307 e. The molecule has 116 valence electrons. The van der Waals surface area contributed by atoms with Gasteiger partial charge in [0.2, 0.25) is 0 Å². The normalized spacial score (nSPS) is 12.1. The van der Waals surface area contributed by atoms with Gasteiger partial charge >= 0.3 is 5.97 Å². The van der Waals surface area contributed by atoms with Gasteiger partial charge in [-0.15, -0.1) is 0 Å². The first kappa shape index (κ1) is 16.2. The molecule has 2 N–H and O–H groups in total. The second-order valence-electron chi connectivity index (χ2n) is 5.58. The zero-order chi connectivity index (χ0) is 15.8. The molecule has 0 amide bonds. The zero-order valence-corrected chi connectivity index (χ0v) is 12.9. The highest BCUT2D eigenvalue weighted by molar-refractivity contribution is 5.70. The summed E-state index contributed by atoms with van der Waals surface area (Å²) in [6.07, 6.45) is 0.865. The summed E-state index contributed by atoms with van der Waals surface area (Å²) in [6, 6.07) is 19.6. The molecule has 0 saturated heterocycles. The Bertz CT molecular complexity index is 529. The molecule has 0 fully saturated rings. The van der Waals surface area contributed by atoms with Crippen LogP contribution in [-0.2, 0) is 9.53 Å². The number of rotatable bonds is 7. The third-order valence-corrected chi connectivity index (χ3v) is 3.63. The monoisotopic (exact) mass is 297 g/mol. The van der Waals surface area contributed by atoms with Gasteiger partial charge in [0, 0.05) is 6.42 Å². The summed E-state index contributed by atoms with van der Waals surface area (Å²) in [5, 5.41) is 0. The van der Waals surface area contributed by atoms with Crippen LogP contribution in [0.3, 0.4) is 0 Å². The van der Waals surface area contributed by atoms with E-state index in [2.05, 4.69) is 0 Å². The van der Waals surface area contributed by atoms with E-state index in [1.165, 1.54) is 0 Å². The highest BCUT2D eigenvalue weighted by atomic mass is 16.5. The minimum absolute atomic E-state index is 0.182. The third-order valence-electron chi connectivity index (χ3n) is 3.63. The highest BCUT2D eigenvalue weighted by Gasteiger charge is 2.19. The lowest BCUT2D eigenvalue weighted by Gasteiger charge is -2.20. The van der Waals surface area contributed by atoms with Crippen LogP contribution in [0.15, 0.2) is 60.7 Å². The van der Waals surface area contributed by atoms with Crippen molar-refractivity contribution in [2.24, 2.45) is 11.7 Å². The van der Waals surface area contributed by atoms with Gasteiger partial charge in [-0.2, -0.15) is 0 Å². The Kier molecular flexibility index (Phi) is 6.16. The first-order valence-corrected chi connectivity index (χ1v) is 7.70. The van der Waals surface area contributed by atoms with Gasteiger partial charge in [-0.25, -0.2) is 0 Å². The van der Waals surface area contributed by atoms with Crippen molar-refractivity contribution >= 4 is 5.97 Å².